The van der Waals surface area contributed by atoms with E-state index in [0.717, 1.165) is 28.1 Å². The van der Waals surface area contributed by atoms with Gasteiger partial charge in [0, 0.05) is 5.50 Å². The number of alkyl halides is 1. The van der Waals surface area contributed by atoms with Crippen LogP contribution in [0.1, 0.15) is 11.1 Å². The summed E-state index contributed by atoms with van der Waals surface area (Å²) in [6.07, 6.45) is 0. The van der Waals surface area contributed by atoms with Crippen molar-refractivity contribution in [3.8, 4) is 11.5 Å². The molecule has 4 heteroatoms. The minimum absolute atomic E-state index is 0.449. The third-order valence-electron chi connectivity index (χ3n) is 2.66. The fourth-order valence-corrected chi connectivity index (χ4v) is 3.49. The molecule has 0 aromatic heterocycles. The molecule has 0 fully saturated rings. The molecule has 0 atom stereocenters. The van der Waals surface area contributed by atoms with E-state index < -0.39 is 9.52 Å². The number of ether oxygens (including phenoxy) is 2. The fraction of sp³-hybridized carbons (Fsp3) is 0.455. The van der Waals surface area contributed by atoms with Gasteiger partial charge < -0.3 is 9.47 Å². The molecule has 0 aliphatic carbocycles. The second-order valence-corrected chi connectivity index (χ2v) is 6.23. The van der Waals surface area contributed by atoms with Crippen LogP contribution in [0.5, 0.6) is 11.5 Å². The van der Waals surface area contributed by atoms with Crippen molar-refractivity contribution in [1.29, 1.82) is 0 Å². The molecule has 0 bridgehead atoms. The Hall–Kier alpha value is -0.673. The Balaban J connectivity index is 3.30. The van der Waals surface area contributed by atoms with E-state index in [1.54, 1.807) is 14.2 Å². The zero-order chi connectivity index (χ0) is 11.4. The standard InChI is InChI=1S/C11H17ClO2Si/c1-7-8(2)11(14-4)10(15-6-12)5-9(7)13-3/h5H,6,15H2,1-4H3. The van der Waals surface area contributed by atoms with Crippen molar-refractivity contribution in [2.24, 2.45) is 0 Å². The first-order chi connectivity index (χ1) is 7.15. The normalized spacial score (nSPS) is 11.0. The van der Waals surface area contributed by atoms with Crippen LogP contribution in [-0.4, -0.2) is 29.2 Å². The van der Waals surface area contributed by atoms with Crippen molar-refractivity contribution < 1.29 is 9.47 Å². The van der Waals surface area contributed by atoms with Crippen LogP contribution >= 0.6 is 11.6 Å². The Morgan fingerprint density at radius 3 is 2.33 bits per heavy atom. The molecule has 0 N–H and O–H groups in total. The molecule has 0 heterocycles. The largest absolute Gasteiger partial charge is 0.497 e. The SMILES string of the molecule is COc1cc([SiH2]CCl)c(OC)c(C)c1C. The monoisotopic (exact) mass is 244 g/mol. The average molecular weight is 245 g/mol. The molecule has 0 saturated carbocycles. The topological polar surface area (TPSA) is 18.5 Å². The van der Waals surface area contributed by atoms with Gasteiger partial charge in [-0.2, -0.15) is 0 Å². The van der Waals surface area contributed by atoms with Gasteiger partial charge >= 0.3 is 0 Å². The summed E-state index contributed by atoms with van der Waals surface area (Å²) in [6.45, 7) is 4.10. The number of benzene rings is 1. The van der Waals surface area contributed by atoms with E-state index >= 15 is 0 Å². The van der Waals surface area contributed by atoms with Gasteiger partial charge in [0.15, 0.2) is 0 Å². The average Bonchev–Trinajstić information content (AvgIpc) is 2.24. The molecular weight excluding hydrogens is 228 g/mol. The first-order valence-electron chi connectivity index (χ1n) is 4.92. The van der Waals surface area contributed by atoms with Crippen molar-refractivity contribution in [3.63, 3.8) is 0 Å². The predicted molar refractivity (Wildman–Crippen MR) is 67.9 cm³/mol. The molecule has 15 heavy (non-hydrogen) atoms. The molecule has 0 saturated heterocycles. The third kappa shape index (κ3) is 2.47. The molecule has 1 aromatic carbocycles. The van der Waals surface area contributed by atoms with Crippen molar-refractivity contribution in [2.75, 3.05) is 19.7 Å². The quantitative estimate of drug-likeness (QED) is 0.588. The van der Waals surface area contributed by atoms with Crippen LogP contribution in [0, 0.1) is 13.8 Å². The molecule has 0 unspecified atom stereocenters. The van der Waals surface area contributed by atoms with Crippen molar-refractivity contribution in [2.45, 2.75) is 13.8 Å². The Kier molecular flexibility index (Phi) is 4.48. The Morgan fingerprint density at radius 2 is 1.87 bits per heavy atom. The van der Waals surface area contributed by atoms with Crippen LogP contribution in [0.2, 0.25) is 0 Å². The highest BCUT2D eigenvalue weighted by Gasteiger charge is 2.13. The minimum Gasteiger partial charge on any atom is -0.497 e. The molecule has 0 aliphatic rings. The lowest BCUT2D eigenvalue weighted by atomic mass is 10.1. The maximum absolute atomic E-state index is 5.82. The first kappa shape index (κ1) is 12.4. The summed E-state index contributed by atoms with van der Waals surface area (Å²) in [5, 5.41) is 1.24. The lowest BCUT2D eigenvalue weighted by molar-refractivity contribution is 0.400. The zero-order valence-electron chi connectivity index (χ0n) is 9.69. The van der Waals surface area contributed by atoms with Gasteiger partial charge in [-0.15, -0.1) is 11.6 Å². The van der Waals surface area contributed by atoms with E-state index in [1.165, 1.54) is 5.19 Å². The second kappa shape index (κ2) is 5.42. The van der Waals surface area contributed by atoms with Gasteiger partial charge in [-0.25, -0.2) is 0 Å². The van der Waals surface area contributed by atoms with Crippen molar-refractivity contribution in [3.05, 3.63) is 17.2 Å². The van der Waals surface area contributed by atoms with E-state index in [4.69, 9.17) is 21.1 Å². The van der Waals surface area contributed by atoms with Crippen LogP contribution < -0.4 is 14.7 Å². The molecular formula is C11H17ClO2Si. The second-order valence-electron chi connectivity index (χ2n) is 3.46. The highest BCUT2D eigenvalue weighted by molar-refractivity contribution is 6.63. The number of halogens is 1. The summed E-state index contributed by atoms with van der Waals surface area (Å²) >= 11 is 5.82. The van der Waals surface area contributed by atoms with Crippen LogP contribution in [0.3, 0.4) is 0 Å². The summed E-state index contributed by atoms with van der Waals surface area (Å²) in [6, 6.07) is 2.07. The fourth-order valence-electron chi connectivity index (χ4n) is 1.71. The number of hydrogen-bond donors (Lipinski definition) is 0. The number of methoxy groups -OCH3 is 2. The van der Waals surface area contributed by atoms with E-state index in [9.17, 15) is 0 Å². The lowest BCUT2D eigenvalue weighted by Gasteiger charge is -2.16. The first-order valence-corrected chi connectivity index (χ1v) is 7.16. The van der Waals surface area contributed by atoms with E-state index in [0.29, 0.717) is 0 Å². The molecule has 0 radical (unpaired) electrons. The highest BCUT2D eigenvalue weighted by atomic mass is 35.5. The number of rotatable bonds is 4. The summed E-state index contributed by atoms with van der Waals surface area (Å²) in [4.78, 5) is 0. The predicted octanol–water partition coefficient (Wildman–Crippen LogP) is 1.31. The van der Waals surface area contributed by atoms with Gasteiger partial charge in [0.25, 0.3) is 0 Å². The zero-order valence-corrected chi connectivity index (χ0v) is 11.9. The van der Waals surface area contributed by atoms with E-state index in [1.807, 2.05) is 6.92 Å². The van der Waals surface area contributed by atoms with Gasteiger partial charge in [-0.05, 0) is 36.2 Å². The maximum Gasteiger partial charge on any atom is 0.122 e. The summed E-state index contributed by atoms with van der Waals surface area (Å²) in [7, 11) is 2.95. The number of hydrogen-bond acceptors (Lipinski definition) is 2. The Labute approximate surface area is 98.4 Å². The van der Waals surface area contributed by atoms with Gasteiger partial charge in [0.2, 0.25) is 0 Å². The van der Waals surface area contributed by atoms with Gasteiger partial charge in [-0.3, -0.25) is 0 Å². The summed E-state index contributed by atoms with van der Waals surface area (Å²) in [5.74, 6) is 1.92. The van der Waals surface area contributed by atoms with Crippen molar-refractivity contribution in [1.82, 2.24) is 0 Å². The lowest BCUT2D eigenvalue weighted by Crippen LogP contribution is -2.20. The maximum atomic E-state index is 5.82. The van der Waals surface area contributed by atoms with Crippen LogP contribution in [0.25, 0.3) is 0 Å². The van der Waals surface area contributed by atoms with Gasteiger partial charge in [-0.1, -0.05) is 0 Å². The molecule has 0 amide bonds. The third-order valence-corrected chi connectivity index (χ3v) is 4.48. The van der Waals surface area contributed by atoms with E-state index in [2.05, 4.69) is 13.0 Å². The summed E-state index contributed by atoms with van der Waals surface area (Å²) in [5.41, 5.74) is 3.02. The van der Waals surface area contributed by atoms with Gasteiger partial charge in [0.05, 0.1) is 23.7 Å². The van der Waals surface area contributed by atoms with Crippen LogP contribution in [0.15, 0.2) is 6.07 Å². The van der Waals surface area contributed by atoms with Crippen LogP contribution in [0.4, 0.5) is 0 Å². The molecule has 84 valence electrons. The van der Waals surface area contributed by atoms with Gasteiger partial charge in [0.1, 0.15) is 11.5 Å². The molecule has 2 nitrogen and oxygen atoms in total. The Morgan fingerprint density at radius 1 is 1.20 bits per heavy atom. The smallest absolute Gasteiger partial charge is 0.122 e. The Bertz CT molecular complexity index is 353. The van der Waals surface area contributed by atoms with Crippen molar-refractivity contribution >= 4 is 26.3 Å². The van der Waals surface area contributed by atoms with E-state index in [-0.39, 0.29) is 0 Å². The van der Waals surface area contributed by atoms with Crippen LogP contribution in [-0.2, 0) is 0 Å². The molecule has 0 aliphatic heterocycles. The molecule has 1 rings (SSSR count). The highest BCUT2D eigenvalue weighted by Crippen LogP contribution is 2.26. The summed E-state index contributed by atoms with van der Waals surface area (Å²) < 4.78 is 10.8. The molecule has 1 aromatic rings. The minimum atomic E-state index is -0.449. The molecule has 0 spiro atoms.